The molecule has 0 aliphatic carbocycles. The molecule has 0 unspecified atom stereocenters. The summed E-state index contributed by atoms with van der Waals surface area (Å²) in [5, 5.41) is 23.4. The van der Waals surface area contributed by atoms with Gasteiger partial charge in [0.1, 0.15) is 6.20 Å². The van der Waals surface area contributed by atoms with Gasteiger partial charge in [0.25, 0.3) is 0 Å². The minimum Gasteiger partial charge on any atom is -0.494 e. The summed E-state index contributed by atoms with van der Waals surface area (Å²) in [6.07, 6.45) is 2.85. The van der Waals surface area contributed by atoms with Crippen molar-refractivity contribution in [2.75, 3.05) is 7.11 Å². The molecule has 0 saturated carbocycles. The van der Waals surface area contributed by atoms with E-state index in [0.29, 0.717) is 11.3 Å². The van der Waals surface area contributed by atoms with Crippen molar-refractivity contribution in [3.63, 3.8) is 0 Å². The Morgan fingerprint density at radius 1 is 1.71 bits per heavy atom. The highest BCUT2D eigenvalue weighted by Gasteiger charge is 2.21. The van der Waals surface area contributed by atoms with Crippen LogP contribution in [0.4, 0.5) is 5.69 Å². The van der Waals surface area contributed by atoms with E-state index in [0.717, 1.165) is 6.20 Å². The van der Waals surface area contributed by atoms with Gasteiger partial charge in [0.05, 0.1) is 24.5 Å². The zero-order valence-corrected chi connectivity index (χ0v) is 8.95. The minimum atomic E-state index is -0.527. The second-order valence-electron chi connectivity index (χ2n) is 3.29. The maximum absolute atomic E-state index is 10.8. The fourth-order valence-electron chi connectivity index (χ4n) is 1.66. The van der Waals surface area contributed by atoms with Crippen LogP contribution >= 0.6 is 0 Å². The van der Waals surface area contributed by atoms with Gasteiger partial charge in [0.15, 0.2) is 11.3 Å². The quantitative estimate of drug-likeness (QED) is 0.587. The average Bonchev–Trinajstić information content (AvgIpc) is 2.73. The first kappa shape index (κ1) is 10.9. The Hall–Kier alpha value is -2.62. The molecule has 0 amide bonds. The zero-order chi connectivity index (χ0) is 12.4. The van der Waals surface area contributed by atoms with Crippen molar-refractivity contribution < 1.29 is 9.66 Å². The second kappa shape index (κ2) is 4.09. The second-order valence-corrected chi connectivity index (χ2v) is 3.29. The monoisotopic (exact) mass is 232 g/mol. The molecule has 0 bridgehead atoms. The van der Waals surface area contributed by atoms with Crippen LogP contribution in [0.1, 0.15) is 5.56 Å². The van der Waals surface area contributed by atoms with E-state index in [1.807, 2.05) is 6.07 Å². The summed E-state index contributed by atoms with van der Waals surface area (Å²) in [5.74, 6) is 0.318. The Morgan fingerprint density at radius 2 is 2.47 bits per heavy atom. The van der Waals surface area contributed by atoms with Gasteiger partial charge < -0.3 is 4.74 Å². The molecular weight excluding hydrogens is 224 g/mol. The molecule has 0 radical (unpaired) electrons. The predicted molar refractivity (Wildman–Crippen MR) is 57.7 cm³/mol. The molecule has 0 aliphatic rings. The van der Waals surface area contributed by atoms with Crippen LogP contribution in [0.5, 0.6) is 5.75 Å². The van der Waals surface area contributed by atoms with Crippen LogP contribution in [0.25, 0.3) is 5.52 Å². The highest BCUT2D eigenvalue weighted by atomic mass is 16.6. The number of ether oxygens (including phenoxy) is 1. The molecule has 0 fully saturated rings. The van der Waals surface area contributed by atoms with E-state index in [1.54, 1.807) is 12.3 Å². The van der Waals surface area contributed by atoms with Gasteiger partial charge in [-0.2, -0.15) is 10.4 Å². The summed E-state index contributed by atoms with van der Waals surface area (Å²) in [7, 11) is 1.41. The van der Waals surface area contributed by atoms with Crippen LogP contribution in [0, 0.1) is 21.4 Å². The van der Waals surface area contributed by atoms with Crippen LogP contribution < -0.4 is 4.74 Å². The van der Waals surface area contributed by atoms with Gasteiger partial charge in [-0.25, -0.2) is 4.52 Å². The van der Waals surface area contributed by atoms with E-state index < -0.39 is 4.92 Å². The van der Waals surface area contributed by atoms with Crippen molar-refractivity contribution in [3.8, 4) is 11.8 Å². The Kier molecular flexibility index (Phi) is 2.62. The molecule has 7 heteroatoms. The number of nitriles is 1. The standard InChI is InChI=1S/C10H8N4O3/c1-17-10-7(2-4-11)3-5-13-9(10)8(6-12-13)14(15)16/h3,5-6H,2H2,1H3. The number of rotatable bonds is 3. The highest BCUT2D eigenvalue weighted by Crippen LogP contribution is 2.31. The Morgan fingerprint density at radius 3 is 3.06 bits per heavy atom. The van der Waals surface area contributed by atoms with Gasteiger partial charge in [0, 0.05) is 11.8 Å². The number of nitrogens with zero attached hydrogens (tertiary/aromatic N) is 4. The number of fused-ring (bicyclic) bond motifs is 1. The topological polar surface area (TPSA) is 93.5 Å². The summed E-state index contributed by atoms with van der Waals surface area (Å²) in [6, 6.07) is 3.64. The fraction of sp³-hybridized carbons (Fsp3) is 0.200. The molecule has 0 aromatic carbocycles. The molecule has 0 N–H and O–H groups in total. The number of hydrogen-bond donors (Lipinski definition) is 0. The number of pyridine rings is 1. The molecular formula is C10H8N4O3. The van der Waals surface area contributed by atoms with E-state index in [9.17, 15) is 10.1 Å². The minimum absolute atomic E-state index is 0.127. The molecule has 0 spiro atoms. The zero-order valence-electron chi connectivity index (χ0n) is 8.95. The van der Waals surface area contributed by atoms with Crippen molar-refractivity contribution >= 4 is 11.2 Å². The summed E-state index contributed by atoms with van der Waals surface area (Å²) < 4.78 is 6.50. The van der Waals surface area contributed by atoms with E-state index in [4.69, 9.17) is 10.00 Å². The maximum atomic E-state index is 10.8. The summed E-state index contributed by atoms with van der Waals surface area (Å²) in [6.45, 7) is 0. The number of hydrogen-bond acceptors (Lipinski definition) is 5. The van der Waals surface area contributed by atoms with Crippen molar-refractivity contribution in [1.82, 2.24) is 9.61 Å². The lowest BCUT2D eigenvalue weighted by Gasteiger charge is -2.06. The first-order valence-corrected chi connectivity index (χ1v) is 4.73. The van der Waals surface area contributed by atoms with Crippen LogP contribution in [-0.2, 0) is 6.42 Å². The molecule has 86 valence electrons. The molecule has 0 atom stereocenters. The van der Waals surface area contributed by atoms with Crippen LogP contribution in [0.2, 0.25) is 0 Å². The predicted octanol–water partition coefficient (Wildman–Crippen LogP) is 1.32. The number of aromatic nitrogens is 2. The molecule has 2 rings (SSSR count). The van der Waals surface area contributed by atoms with Crippen molar-refractivity contribution in [2.45, 2.75) is 6.42 Å². The lowest BCUT2D eigenvalue weighted by Crippen LogP contribution is -1.98. The smallest absolute Gasteiger partial charge is 0.318 e. The van der Waals surface area contributed by atoms with Gasteiger partial charge >= 0.3 is 5.69 Å². The van der Waals surface area contributed by atoms with Crippen LogP contribution in [-0.4, -0.2) is 21.6 Å². The van der Waals surface area contributed by atoms with E-state index in [1.165, 1.54) is 11.6 Å². The lowest BCUT2D eigenvalue weighted by atomic mass is 10.1. The number of nitro groups is 1. The SMILES string of the molecule is COc1c(CC#N)ccn2ncc([N+](=O)[O-])c12. The Bertz CT molecular complexity index is 626. The van der Waals surface area contributed by atoms with Gasteiger partial charge in [-0.3, -0.25) is 10.1 Å². The third kappa shape index (κ3) is 1.65. The van der Waals surface area contributed by atoms with E-state index >= 15 is 0 Å². The van der Waals surface area contributed by atoms with Crippen molar-refractivity contribution in [3.05, 3.63) is 34.1 Å². The first-order chi connectivity index (χ1) is 8.19. The van der Waals surface area contributed by atoms with E-state index in [-0.39, 0.29) is 17.6 Å². The van der Waals surface area contributed by atoms with Crippen LogP contribution in [0.3, 0.4) is 0 Å². The molecule has 2 aromatic rings. The third-order valence-electron chi connectivity index (χ3n) is 2.37. The van der Waals surface area contributed by atoms with Crippen molar-refractivity contribution in [2.24, 2.45) is 0 Å². The molecule has 7 nitrogen and oxygen atoms in total. The normalized spacial score (nSPS) is 10.1. The van der Waals surface area contributed by atoms with Crippen molar-refractivity contribution in [1.29, 1.82) is 5.26 Å². The molecule has 0 saturated heterocycles. The Labute approximate surface area is 96.0 Å². The lowest BCUT2D eigenvalue weighted by molar-refractivity contribution is -0.383. The first-order valence-electron chi connectivity index (χ1n) is 4.73. The van der Waals surface area contributed by atoms with Gasteiger partial charge in [0.2, 0.25) is 0 Å². The molecule has 2 aromatic heterocycles. The summed E-state index contributed by atoms with van der Waals surface area (Å²) in [4.78, 5) is 10.3. The third-order valence-corrected chi connectivity index (χ3v) is 2.37. The largest absolute Gasteiger partial charge is 0.494 e. The molecule has 0 aliphatic heterocycles. The Balaban J connectivity index is 2.78. The average molecular weight is 232 g/mol. The summed E-state index contributed by atoms with van der Waals surface area (Å²) >= 11 is 0. The van der Waals surface area contributed by atoms with Gasteiger partial charge in [-0.05, 0) is 6.07 Å². The highest BCUT2D eigenvalue weighted by molar-refractivity contribution is 5.74. The maximum Gasteiger partial charge on any atom is 0.318 e. The van der Waals surface area contributed by atoms with E-state index in [2.05, 4.69) is 5.10 Å². The van der Waals surface area contributed by atoms with Gasteiger partial charge in [-0.15, -0.1) is 0 Å². The molecule has 2 heterocycles. The van der Waals surface area contributed by atoms with Gasteiger partial charge in [-0.1, -0.05) is 0 Å². The fourth-order valence-corrected chi connectivity index (χ4v) is 1.66. The molecule has 17 heavy (non-hydrogen) atoms. The summed E-state index contributed by atoms with van der Waals surface area (Å²) in [5.41, 5.74) is 0.734. The number of methoxy groups -OCH3 is 1. The van der Waals surface area contributed by atoms with Crippen LogP contribution in [0.15, 0.2) is 18.5 Å².